The fourth-order valence-corrected chi connectivity index (χ4v) is 0.558. The van der Waals surface area contributed by atoms with Gasteiger partial charge in [-0.15, -0.1) is 0 Å². The van der Waals surface area contributed by atoms with Crippen LogP contribution >= 0.6 is 11.6 Å². The van der Waals surface area contributed by atoms with Crippen LogP contribution in [0.4, 0.5) is 0 Å². The molecule has 0 aliphatic carbocycles. The second-order valence-electron chi connectivity index (χ2n) is 1.72. The van der Waals surface area contributed by atoms with Crippen LogP contribution in [0.5, 0.6) is 0 Å². The fourth-order valence-electron chi connectivity index (χ4n) is 0.427. The lowest BCUT2D eigenvalue weighted by molar-refractivity contribution is 1.13. The van der Waals surface area contributed by atoms with Crippen molar-refractivity contribution in [3.63, 3.8) is 0 Å². The van der Waals surface area contributed by atoms with E-state index in [1.165, 1.54) is 6.08 Å². The van der Waals surface area contributed by atoms with E-state index in [2.05, 4.69) is 0 Å². The zero-order chi connectivity index (χ0) is 8.15. The van der Waals surface area contributed by atoms with Crippen molar-refractivity contribution in [2.24, 2.45) is 22.9 Å². The number of halogens is 1. The molecule has 0 aliphatic heterocycles. The van der Waals surface area contributed by atoms with Crippen LogP contribution < -0.4 is 22.9 Å². The summed E-state index contributed by atoms with van der Waals surface area (Å²) in [5, 5.41) is 0.121. The van der Waals surface area contributed by atoms with Gasteiger partial charge in [0.2, 0.25) is 0 Å². The fraction of sp³-hybridized carbons (Fsp3) is 0.200. The summed E-state index contributed by atoms with van der Waals surface area (Å²) in [6, 6.07) is 0. The maximum absolute atomic E-state index is 5.41. The molecule has 0 fully saturated rings. The van der Waals surface area contributed by atoms with Crippen molar-refractivity contribution in [1.29, 1.82) is 0 Å². The minimum absolute atomic E-state index is 0.121. The molecule has 0 amide bonds. The van der Waals surface area contributed by atoms with Gasteiger partial charge in [-0.3, -0.25) is 0 Å². The third kappa shape index (κ3) is 3.21. The van der Waals surface area contributed by atoms with Gasteiger partial charge in [-0.1, -0.05) is 11.6 Å². The first-order valence-electron chi connectivity index (χ1n) is 2.64. The first kappa shape index (κ1) is 9.13. The van der Waals surface area contributed by atoms with Gasteiger partial charge in [0.05, 0.1) is 5.82 Å². The predicted octanol–water partition coefficient (Wildman–Crippen LogP) is -0.887. The Morgan fingerprint density at radius 2 is 1.80 bits per heavy atom. The van der Waals surface area contributed by atoms with Crippen LogP contribution in [-0.2, 0) is 0 Å². The molecule has 0 saturated heterocycles. The van der Waals surface area contributed by atoms with E-state index in [4.69, 9.17) is 34.5 Å². The lowest BCUT2D eigenvalue weighted by Gasteiger charge is -1.98. The van der Waals surface area contributed by atoms with Crippen molar-refractivity contribution < 1.29 is 0 Å². The first-order valence-corrected chi connectivity index (χ1v) is 3.02. The van der Waals surface area contributed by atoms with Crippen molar-refractivity contribution in [3.8, 4) is 0 Å². The molecule has 0 aromatic carbocycles. The van der Waals surface area contributed by atoms with Crippen LogP contribution in [0.25, 0.3) is 0 Å². The quantitative estimate of drug-likeness (QED) is 0.313. The van der Waals surface area contributed by atoms with Gasteiger partial charge in [-0.2, -0.15) is 0 Å². The minimum atomic E-state index is 0.121. The summed E-state index contributed by atoms with van der Waals surface area (Å²) in [7, 11) is 0. The van der Waals surface area contributed by atoms with Gasteiger partial charge in [0.15, 0.2) is 0 Å². The highest BCUT2D eigenvalue weighted by molar-refractivity contribution is 6.29. The van der Waals surface area contributed by atoms with Crippen molar-refractivity contribution in [2.75, 3.05) is 6.54 Å². The van der Waals surface area contributed by atoms with Crippen LogP contribution in [0.2, 0.25) is 0 Å². The van der Waals surface area contributed by atoms with E-state index in [1.807, 2.05) is 0 Å². The molecular weight excluding hydrogens is 152 g/mol. The summed E-state index contributed by atoms with van der Waals surface area (Å²) < 4.78 is 0. The topological polar surface area (TPSA) is 104 Å². The van der Waals surface area contributed by atoms with Gasteiger partial charge in [0.25, 0.3) is 0 Å². The van der Waals surface area contributed by atoms with Gasteiger partial charge in [-0.25, -0.2) is 0 Å². The summed E-state index contributed by atoms with van der Waals surface area (Å²) in [6.45, 7) is 0.229. The first-order chi connectivity index (χ1) is 4.57. The molecule has 0 unspecified atom stereocenters. The number of nitrogens with two attached hydrogens (primary N) is 4. The highest BCUT2D eigenvalue weighted by Gasteiger charge is 1.94. The summed E-state index contributed by atoms with van der Waals surface area (Å²) >= 11 is 5.41. The lowest BCUT2D eigenvalue weighted by Crippen LogP contribution is -2.13. The Kier molecular flexibility index (Phi) is 3.68. The Balaban J connectivity index is 4.40. The monoisotopic (exact) mass is 162 g/mol. The molecule has 0 saturated carbocycles. The van der Waals surface area contributed by atoms with E-state index in [1.54, 1.807) is 0 Å². The number of hydrogen-bond donors (Lipinski definition) is 4. The zero-order valence-electron chi connectivity index (χ0n) is 5.47. The molecule has 0 radical (unpaired) electrons. The summed E-state index contributed by atoms with van der Waals surface area (Å²) in [5.41, 5.74) is 21.3. The standard InChI is InChI=1S/C5H11ClN4/c6-5(10)3(2-7)1-4(8)9/h1H,2,7-10H2/b5-3+. The van der Waals surface area contributed by atoms with Crippen molar-refractivity contribution in [2.45, 2.75) is 0 Å². The summed E-state index contributed by atoms with van der Waals surface area (Å²) in [5.74, 6) is 0.143. The zero-order valence-corrected chi connectivity index (χ0v) is 6.23. The van der Waals surface area contributed by atoms with Crippen LogP contribution in [-0.4, -0.2) is 6.54 Å². The van der Waals surface area contributed by atoms with Crippen LogP contribution in [0.15, 0.2) is 22.6 Å². The van der Waals surface area contributed by atoms with Crippen LogP contribution in [0.3, 0.4) is 0 Å². The highest BCUT2D eigenvalue weighted by atomic mass is 35.5. The molecule has 0 heterocycles. The third-order valence-corrected chi connectivity index (χ3v) is 1.11. The Morgan fingerprint density at radius 1 is 1.30 bits per heavy atom. The largest absolute Gasteiger partial charge is 0.389 e. The second-order valence-corrected chi connectivity index (χ2v) is 2.13. The highest BCUT2D eigenvalue weighted by Crippen LogP contribution is 2.02. The maximum atomic E-state index is 5.41. The summed E-state index contributed by atoms with van der Waals surface area (Å²) in [6.07, 6.45) is 1.43. The van der Waals surface area contributed by atoms with E-state index in [0.29, 0.717) is 5.57 Å². The molecule has 10 heavy (non-hydrogen) atoms. The van der Waals surface area contributed by atoms with Crippen molar-refractivity contribution >= 4 is 11.6 Å². The van der Waals surface area contributed by atoms with Crippen LogP contribution in [0.1, 0.15) is 0 Å². The molecule has 0 aromatic rings. The van der Waals surface area contributed by atoms with Gasteiger partial charge < -0.3 is 22.9 Å². The average molecular weight is 163 g/mol. The Morgan fingerprint density at radius 3 is 1.90 bits per heavy atom. The van der Waals surface area contributed by atoms with Gasteiger partial charge in [0.1, 0.15) is 5.16 Å². The van der Waals surface area contributed by atoms with Crippen molar-refractivity contribution in [3.05, 3.63) is 22.6 Å². The van der Waals surface area contributed by atoms with E-state index in [0.717, 1.165) is 0 Å². The molecule has 5 heteroatoms. The normalized spacial score (nSPS) is 12.2. The predicted molar refractivity (Wildman–Crippen MR) is 42.6 cm³/mol. The van der Waals surface area contributed by atoms with E-state index < -0.39 is 0 Å². The molecular formula is C5H11ClN4. The number of hydrogen-bond acceptors (Lipinski definition) is 4. The van der Waals surface area contributed by atoms with E-state index in [9.17, 15) is 0 Å². The third-order valence-electron chi connectivity index (χ3n) is 0.868. The van der Waals surface area contributed by atoms with Gasteiger partial charge in [0, 0.05) is 12.1 Å². The average Bonchev–Trinajstić information content (AvgIpc) is 1.81. The Bertz CT molecular complexity index is 164. The SMILES string of the molecule is NC/C(C=C(N)N)=C(/N)Cl. The van der Waals surface area contributed by atoms with E-state index >= 15 is 0 Å². The molecule has 4 nitrogen and oxygen atoms in total. The molecule has 0 aromatic heterocycles. The van der Waals surface area contributed by atoms with Crippen LogP contribution in [0, 0.1) is 0 Å². The van der Waals surface area contributed by atoms with Gasteiger partial charge >= 0.3 is 0 Å². The molecule has 0 spiro atoms. The molecule has 0 atom stereocenters. The Hall–Kier alpha value is -0.870. The smallest absolute Gasteiger partial charge is 0.104 e. The summed E-state index contributed by atoms with van der Waals surface area (Å²) in [4.78, 5) is 0. The molecule has 0 bridgehead atoms. The lowest BCUT2D eigenvalue weighted by atomic mass is 10.3. The molecule has 0 aliphatic rings. The van der Waals surface area contributed by atoms with E-state index in [-0.39, 0.29) is 17.5 Å². The molecule has 0 rings (SSSR count). The van der Waals surface area contributed by atoms with Crippen molar-refractivity contribution in [1.82, 2.24) is 0 Å². The molecule has 8 N–H and O–H groups in total. The molecule has 58 valence electrons. The number of rotatable bonds is 2. The Labute approximate surface area is 64.5 Å². The minimum Gasteiger partial charge on any atom is -0.389 e. The van der Waals surface area contributed by atoms with Gasteiger partial charge in [-0.05, 0) is 6.08 Å². The second kappa shape index (κ2) is 4.03. The maximum Gasteiger partial charge on any atom is 0.104 e.